The summed E-state index contributed by atoms with van der Waals surface area (Å²) in [7, 11) is -6.52. The fourth-order valence-corrected chi connectivity index (χ4v) is 15.3. The first-order valence-electron chi connectivity index (χ1n) is 11.1. The summed E-state index contributed by atoms with van der Waals surface area (Å²) in [6, 6.07) is 20.3. The smallest absolute Gasteiger partial charge is 0.191 e. The Kier molecular flexibility index (Phi) is 7.83. The average molecular weight is 461 g/mol. The molecule has 2 nitrogen and oxygen atoms in total. The summed E-state index contributed by atoms with van der Waals surface area (Å²) in [5.41, 5.74) is 0. The molecular formula is C25H41O2PSi2. The van der Waals surface area contributed by atoms with Gasteiger partial charge in [0.25, 0.3) is 0 Å². The lowest BCUT2D eigenvalue weighted by atomic mass is 10.2. The van der Waals surface area contributed by atoms with Gasteiger partial charge >= 0.3 is 0 Å². The van der Waals surface area contributed by atoms with Crippen LogP contribution in [0.2, 0.25) is 37.8 Å². The SMILES string of the molecule is C[C@H](CO[Si](C)(C)C(C)(C)C)[C@@H]([Si](C)(C)C)P(=O)(c1ccccc1)c1ccccc1. The normalized spacial score (nSPS) is 15.6. The average Bonchev–Trinajstić information content (AvgIpc) is 2.66. The van der Waals surface area contributed by atoms with E-state index in [9.17, 15) is 0 Å². The molecule has 0 saturated heterocycles. The molecule has 0 aliphatic rings. The van der Waals surface area contributed by atoms with Gasteiger partial charge in [0, 0.05) is 22.5 Å². The Labute approximate surface area is 187 Å². The number of rotatable bonds is 8. The van der Waals surface area contributed by atoms with Crippen LogP contribution in [0.15, 0.2) is 60.7 Å². The summed E-state index contributed by atoms with van der Waals surface area (Å²) in [6.45, 7) is 21.4. The van der Waals surface area contributed by atoms with Gasteiger partial charge in [0.15, 0.2) is 8.32 Å². The first kappa shape index (κ1) is 25.3. The second-order valence-corrected chi connectivity index (χ2v) is 24.7. The summed E-state index contributed by atoms with van der Waals surface area (Å²) in [4.78, 5) is 0. The van der Waals surface area contributed by atoms with Crippen LogP contribution < -0.4 is 10.6 Å². The van der Waals surface area contributed by atoms with E-state index in [-0.39, 0.29) is 16.2 Å². The van der Waals surface area contributed by atoms with Gasteiger partial charge in [-0.15, -0.1) is 0 Å². The van der Waals surface area contributed by atoms with Crippen LogP contribution in [0.3, 0.4) is 0 Å². The van der Waals surface area contributed by atoms with Gasteiger partial charge in [-0.1, -0.05) is 108 Å². The third kappa shape index (κ3) is 5.45. The van der Waals surface area contributed by atoms with Crippen molar-refractivity contribution in [3.05, 3.63) is 60.7 Å². The quantitative estimate of drug-likeness (QED) is 0.316. The van der Waals surface area contributed by atoms with E-state index < -0.39 is 23.5 Å². The molecule has 166 valence electrons. The van der Waals surface area contributed by atoms with Crippen LogP contribution in [0.4, 0.5) is 0 Å². The van der Waals surface area contributed by atoms with Crippen molar-refractivity contribution >= 4 is 34.1 Å². The third-order valence-corrected chi connectivity index (χ3v) is 20.3. The molecule has 2 aromatic rings. The molecule has 0 radical (unpaired) electrons. The van der Waals surface area contributed by atoms with Crippen molar-refractivity contribution in [2.24, 2.45) is 5.92 Å². The maximum Gasteiger partial charge on any atom is 0.191 e. The van der Waals surface area contributed by atoms with Gasteiger partial charge in [-0.3, -0.25) is 0 Å². The van der Waals surface area contributed by atoms with Crippen molar-refractivity contribution in [2.45, 2.75) is 70.8 Å². The van der Waals surface area contributed by atoms with Gasteiger partial charge in [0.05, 0.1) is 8.07 Å². The Morgan fingerprint density at radius 1 is 0.833 bits per heavy atom. The van der Waals surface area contributed by atoms with Crippen molar-refractivity contribution < 1.29 is 8.99 Å². The fourth-order valence-electron chi connectivity index (χ4n) is 4.17. The first-order valence-corrected chi connectivity index (χ1v) is 19.3. The molecule has 0 saturated carbocycles. The highest BCUT2D eigenvalue weighted by atomic mass is 31.2. The van der Waals surface area contributed by atoms with Crippen LogP contribution in [-0.2, 0) is 8.99 Å². The summed E-state index contributed by atoms with van der Waals surface area (Å²) in [6.07, 6.45) is 0. The second-order valence-electron chi connectivity index (χ2n) is 11.2. The predicted molar refractivity (Wildman–Crippen MR) is 139 cm³/mol. The van der Waals surface area contributed by atoms with Crippen molar-refractivity contribution in [3.8, 4) is 0 Å². The van der Waals surface area contributed by atoms with Crippen molar-refractivity contribution in [1.82, 2.24) is 0 Å². The highest BCUT2D eigenvalue weighted by molar-refractivity contribution is 7.81. The Balaban J connectivity index is 2.55. The lowest BCUT2D eigenvalue weighted by Gasteiger charge is -2.43. The molecule has 0 spiro atoms. The van der Waals surface area contributed by atoms with Crippen molar-refractivity contribution in [2.75, 3.05) is 6.61 Å². The van der Waals surface area contributed by atoms with Gasteiger partial charge < -0.3 is 8.99 Å². The molecule has 0 N–H and O–H groups in total. The van der Waals surface area contributed by atoms with Crippen LogP contribution in [0, 0.1) is 5.92 Å². The molecule has 2 atom stereocenters. The molecule has 0 heterocycles. The van der Waals surface area contributed by atoms with Crippen LogP contribution in [0.5, 0.6) is 0 Å². The fraction of sp³-hybridized carbons (Fsp3) is 0.520. The summed E-state index contributed by atoms with van der Waals surface area (Å²) >= 11 is 0. The van der Waals surface area contributed by atoms with Crippen LogP contribution in [0.25, 0.3) is 0 Å². The molecule has 0 bridgehead atoms. The minimum Gasteiger partial charge on any atom is -0.417 e. The molecule has 0 aliphatic heterocycles. The molecule has 30 heavy (non-hydrogen) atoms. The molecule has 2 rings (SSSR count). The van der Waals surface area contributed by atoms with Crippen LogP contribution in [0.1, 0.15) is 27.7 Å². The molecule has 0 amide bonds. The topological polar surface area (TPSA) is 26.3 Å². The number of hydrogen-bond acceptors (Lipinski definition) is 2. The lowest BCUT2D eigenvalue weighted by molar-refractivity contribution is 0.242. The van der Waals surface area contributed by atoms with E-state index in [0.717, 1.165) is 10.6 Å². The molecule has 0 aromatic heterocycles. The Morgan fingerprint density at radius 2 is 1.23 bits per heavy atom. The minimum atomic E-state index is -2.84. The van der Waals surface area contributed by atoms with Crippen molar-refractivity contribution in [3.63, 3.8) is 0 Å². The van der Waals surface area contributed by atoms with Gasteiger partial charge in [-0.05, 0) is 24.1 Å². The zero-order valence-corrected chi connectivity index (χ0v) is 23.3. The second kappa shape index (κ2) is 9.28. The monoisotopic (exact) mass is 460 g/mol. The first-order chi connectivity index (χ1) is 13.7. The highest BCUT2D eigenvalue weighted by Gasteiger charge is 2.48. The van der Waals surface area contributed by atoms with E-state index in [1.807, 2.05) is 36.4 Å². The molecule has 0 unspecified atom stereocenters. The van der Waals surface area contributed by atoms with Gasteiger partial charge in [0.1, 0.15) is 7.14 Å². The van der Waals surface area contributed by atoms with E-state index in [2.05, 4.69) is 84.7 Å². The van der Waals surface area contributed by atoms with Crippen molar-refractivity contribution in [1.29, 1.82) is 0 Å². The summed E-state index contributed by atoms with van der Waals surface area (Å²) in [5, 5.41) is 2.23. The van der Waals surface area contributed by atoms with E-state index >= 15 is 4.57 Å². The predicted octanol–water partition coefficient (Wildman–Crippen LogP) is 6.90. The lowest BCUT2D eigenvalue weighted by Crippen LogP contribution is -2.50. The zero-order chi connectivity index (χ0) is 22.8. The van der Waals surface area contributed by atoms with E-state index in [1.54, 1.807) is 0 Å². The van der Waals surface area contributed by atoms with Gasteiger partial charge in [-0.2, -0.15) is 0 Å². The number of hydrogen-bond donors (Lipinski definition) is 0. The Morgan fingerprint density at radius 3 is 1.57 bits per heavy atom. The molecular weight excluding hydrogens is 419 g/mol. The third-order valence-electron chi connectivity index (χ3n) is 6.61. The summed E-state index contributed by atoms with van der Waals surface area (Å²) in [5.74, 6) is 0.219. The Bertz CT molecular complexity index is 809. The zero-order valence-electron chi connectivity index (χ0n) is 20.4. The molecule has 0 aliphatic carbocycles. The Hall–Kier alpha value is -0.936. The molecule has 2 aromatic carbocycles. The minimum absolute atomic E-state index is 0.111. The number of benzene rings is 2. The highest BCUT2D eigenvalue weighted by Crippen LogP contribution is 2.55. The van der Waals surface area contributed by atoms with E-state index in [4.69, 9.17) is 4.43 Å². The van der Waals surface area contributed by atoms with Crippen LogP contribution >= 0.6 is 7.14 Å². The maximum atomic E-state index is 15.1. The molecule has 0 fully saturated rings. The van der Waals surface area contributed by atoms with E-state index in [1.165, 1.54) is 0 Å². The molecule has 5 heteroatoms. The largest absolute Gasteiger partial charge is 0.417 e. The van der Waals surface area contributed by atoms with Crippen LogP contribution in [-0.4, -0.2) is 28.3 Å². The van der Waals surface area contributed by atoms with E-state index in [0.29, 0.717) is 6.61 Å². The van der Waals surface area contributed by atoms with Gasteiger partial charge in [-0.25, -0.2) is 0 Å². The maximum absolute atomic E-state index is 15.1. The van der Waals surface area contributed by atoms with Gasteiger partial charge in [0.2, 0.25) is 0 Å². The summed E-state index contributed by atoms with van der Waals surface area (Å²) < 4.78 is 21.8. The standard InChI is InChI=1S/C25H41O2PSi2/c1-21(20-27-30(8,9)25(2,3)4)24(29(5,6)7)28(26,22-16-12-10-13-17-22)23-18-14-11-15-19-23/h10-19,21,24H,20H2,1-9H3/t21-,24-/m1/s1.